The first-order valence-electron chi connectivity index (χ1n) is 7.73. The van der Waals surface area contributed by atoms with Crippen molar-refractivity contribution in [2.75, 3.05) is 19.8 Å². The highest BCUT2D eigenvalue weighted by Crippen LogP contribution is 2.40. The summed E-state index contributed by atoms with van der Waals surface area (Å²) >= 11 is 1.67. The van der Waals surface area contributed by atoms with Gasteiger partial charge in [-0.05, 0) is 19.8 Å². The summed E-state index contributed by atoms with van der Waals surface area (Å²) in [6, 6.07) is 0.134. The summed E-state index contributed by atoms with van der Waals surface area (Å²) < 4.78 is 5.41. The Labute approximate surface area is 153 Å². The Hall–Kier alpha value is -0.400. The number of hydrogen-bond acceptors (Lipinski definition) is 5. The van der Waals surface area contributed by atoms with E-state index in [0.717, 1.165) is 49.5 Å². The number of thiazole rings is 1. The summed E-state index contributed by atoms with van der Waals surface area (Å²) in [7, 11) is 0. The molecule has 1 aliphatic heterocycles. The lowest BCUT2D eigenvalue weighted by Gasteiger charge is -2.30. The molecule has 1 aromatic rings. The van der Waals surface area contributed by atoms with Crippen molar-refractivity contribution in [1.29, 1.82) is 0 Å². The molecule has 23 heavy (non-hydrogen) atoms. The summed E-state index contributed by atoms with van der Waals surface area (Å²) in [5.74, 6) is 0.104. The Morgan fingerprint density at radius 3 is 2.78 bits per heavy atom. The molecule has 2 N–H and O–H groups in total. The van der Waals surface area contributed by atoms with Gasteiger partial charge in [-0.25, -0.2) is 4.98 Å². The predicted molar refractivity (Wildman–Crippen MR) is 96.9 cm³/mol. The molecule has 2 heterocycles. The maximum atomic E-state index is 12.4. The molecule has 3 rings (SSSR count). The topological polar surface area (TPSA) is 63.2 Å². The van der Waals surface area contributed by atoms with E-state index in [2.05, 4.69) is 21.0 Å². The molecule has 1 amide bonds. The fourth-order valence-corrected chi connectivity index (χ4v) is 4.25. The number of aryl methyl sites for hydroxylation is 1. The minimum Gasteiger partial charge on any atom is -0.378 e. The summed E-state index contributed by atoms with van der Waals surface area (Å²) in [6.45, 7) is 4.19. The number of carbonyl (C=O) groups is 1. The molecule has 0 spiro atoms. The molecule has 1 aromatic heterocycles. The van der Waals surface area contributed by atoms with E-state index in [4.69, 9.17) is 4.74 Å². The van der Waals surface area contributed by atoms with Crippen LogP contribution in [0.1, 0.15) is 42.8 Å². The average molecular weight is 382 g/mol. The maximum absolute atomic E-state index is 12.4. The highest BCUT2D eigenvalue weighted by Gasteiger charge is 2.39. The maximum Gasteiger partial charge on any atom is 0.222 e. The molecule has 1 unspecified atom stereocenters. The number of carbonyl (C=O) groups excluding carboxylic acids is 1. The summed E-state index contributed by atoms with van der Waals surface area (Å²) in [5.41, 5.74) is 0.809. The summed E-state index contributed by atoms with van der Waals surface area (Å²) in [5, 5.41) is 9.75. The van der Waals surface area contributed by atoms with Gasteiger partial charge in [-0.2, -0.15) is 0 Å². The van der Waals surface area contributed by atoms with Crippen LogP contribution in [0.25, 0.3) is 0 Å². The number of ether oxygens (including phenoxy) is 1. The van der Waals surface area contributed by atoms with Crippen LogP contribution < -0.4 is 10.6 Å². The van der Waals surface area contributed by atoms with Crippen molar-refractivity contribution >= 4 is 42.1 Å². The Balaban J connectivity index is 0.00000132. The van der Waals surface area contributed by atoms with Crippen LogP contribution in [0.2, 0.25) is 0 Å². The third kappa shape index (κ3) is 5.03. The standard InChI is InChI=1S/C15H23N3O2S.2ClH/c1-11-10-21-14(17-11)15(4-2-3-5-15)18-13(19)8-12-9-20-7-6-16-12;;/h10,12,16H,2-9H2,1H3,(H,18,19);2*1H. The third-order valence-electron chi connectivity index (χ3n) is 4.29. The van der Waals surface area contributed by atoms with Crippen LogP contribution in [0.5, 0.6) is 0 Å². The molecule has 0 bridgehead atoms. The van der Waals surface area contributed by atoms with Gasteiger partial charge in [-0.3, -0.25) is 4.79 Å². The van der Waals surface area contributed by atoms with E-state index >= 15 is 0 Å². The van der Waals surface area contributed by atoms with E-state index in [1.807, 2.05) is 6.92 Å². The molecule has 0 radical (unpaired) electrons. The van der Waals surface area contributed by atoms with Crippen molar-refractivity contribution in [1.82, 2.24) is 15.6 Å². The van der Waals surface area contributed by atoms with Gasteiger partial charge >= 0.3 is 0 Å². The number of halogens is 2. The van der Waals surface area contributed by atoms with Crippen molar-refractivity contribution in [3.8, 4) is 0 Å². The Kier molecular flexibility index (Phi) is 8.24. The monoisotopic (exact) mass is 381 g/mol. The fourth-order valence-electron chi connectivity index (χ4n) is 3.24. The fraction of sp³-hybridized carbons (Fsp3) is 0.733. The lowest BCUT2D eigenvalue weighted by molar-refractivity contribution is -0.124. The van der Waals surface area contributed by atoms with Crippen LogP contribution in [0.4, 0.5) is 0 Å². The minimum atomic E-state index is -0.231. The third-order valence-corrected chi connectivity index (χ3v) is 5.46. The van der Waals surface area contributed by atoms with Gasteiger partial charge in [0.25, 0.3) is 0 Å². The summed E-state index contributed by atoms with van der Waals surface area (Å²) in [6.07, 6.45) is 4.79. The van der Waals surface area contributed by atoms with Gasteiger partial charge in [0, 0.05) is 30.1 Å². The van der Waals surface area contributed by atoms with E-state index in [1.54, 1.807) is 11.3 Å². The van der Waals surface area contributed by atoms with Crippen molar-refractivity contribution in [3.05, 3.63) is 16.1 Å². The molecule has 8 heteroatoms. The van der Waals surface area contributed by atoms with E-state index < -0.39 is 0 Å². The van der Waals surface area contributed by atoms with Gasteiger partial charge in [0.05, 0.1) is 18.8 Å². The van der Waals surface area contributed by atoms with Gasteiger partial charge in [0.15, 0.2) is 0 Å². The minimum absolute atomic E-state index is 0. The van der Waals surface area contributed by atoms with Gasteiger partial charge in [-0.15, -0.1) is 36.2 Å². The number of morpholine rings is 1. The Morgan fingerprint density at radius 2 is 2.22 bits per heavy atom. The molecular weight excluding hydrogens is 357 g/mol. The molecule has 132 valence electrons. The van der Waals surface area contributed by atoms with E-state index in [1.165, 1.54) is 0 Å². The number of rotatable bonds is 4. The predicted octanol–water partition coefficient (Wildman–Crippen LogP) is 2.56. The lowest BCUT2D eigenvalue weighted by atomic mass is 9.97. The zero-order valence-electron chi connectivity index (χ0n) is 13.3. The smallest absolute Gasteiger partial charge is 0.222 e. The molecule has 5 nitrogen and oxygen atoms in total. The first kappa shape index (κ1) is 20.6. The number of aromatic nitrogens is 1. The zero-order valence-corrected chi connectivity index (χ0v) is 15.7. The van der Waals surface area contributed by atoms with Crippen LogP contribution in [-0.4, -0.2) is 36.7 Å². The van der Waals surface area contributed by atoms with Gasteiger partial charge in [0.2, 0.25) is 5.91 Å². The van der Waals surface area contributed by atoms with Crippen LogP contribution in [0.3, 0.4) is 0 Å². The molecule has 2 aliphatic rings. The van der Waals surface area contributed by atoms with Crippen LogP contribution in [0.15, 0.2) is 5.38 Å². The highest BCUT2D eigenvalue weighted by molar-refractivity contribution is 7.09. The first-order valence-corrected chi connectivity index (χ1v) is 8.61. The molecule has 0 aromatic carbocycles. The van der Waals surface area contributed by atoms with E-state index in [-0.39, 0.29) is 42.3 Å². The Morgan fingerprint density at radius 1 is 1.48 bits per heavy atom. The molecule has 2 fully saturated rings. The zero-order chi connectivity index (χ0) is 14.7. The molecule has 1 saturated heterocycles. The first-order chi connectivity index (χ1) is 10.2. The van der Waals surface area contributed by atoms with Gasteiger partial charge in [0.1, 0.15) is 5.01 Å². The van der Waals surface area contributed by atoms with Gasteiger partial charge in [-0.1, -0.05) is 12.8 Å². The van der Waals surface area contributed by atoms with Crippen molar-refractivity contribution < 1.29 is 9.53 Å². The second kappa shape index (κ2) is 9.18. The molecule has 1 saturated carbocycles. The largest absolute Gasteiger partial charge is 0.378 e. The van der Waals surface area contributed by atoms with Crippen molar-refractivity contribution in [2.24, 2.45) is 0 Å². The average Bonchev–Trinajstić information content (AvgIpc) is 3.10. The normalized spacial score (nSPS) is 22.7. The SMILES string of the molecule is Cc1csc(C2(NC(=O)CC3COCCN3)CCCC2)n1.Cl.Cl. The molecule has 1 atom stereocenters. The number of nitrogens with zero attached hydrogens (tertiary/aromatic N) is 1. The van der Waals surface area contributed by atoms with Crippen molar-refractivity contribution in [3.63, 3.8) is 0 Å². The number of amides is 1. The van der Waals surface area contributed by atoms with Gasteiger partial charge < -0.3 is 15.4 Å². The summed E-state index contributed by atoms with van der Waals surface area (Å²) in [4.78, 5) is 17.1. The van der Waals surface area contributed by atoms with E-state index in [9.17, 15) is 4.79 Å². The second-order valence-electron chi connectivity index (χ2n) is 6.06. The van der Waals surface area contributed by atoms with Crippen LogP contribution in [0, 0.1) is 6.92 Å². The van der Waals surface area contributed by atoms with Crippen LogP contribution in [-0.2, 0) is 15.1 Å². The second-order valence-corrected chi connectivity index (χ2v) is 6.92. The number of hydrogen-bond donors (Lipinski definition) is 2. The number of nitrogens with one attached hydrogen (secondary N) is 2. The Bertz CT molecular complexity index is 501. The van der Waals surface area contributed by atoms with Crippen LogP contribution >= 0.6 is 36.2 Å². The quantitative estimate of drug-likeness (QED) is 0.840. The highest BCUT2D eigenvalue weighted by atomic mass is 35.5. The lowest BCUT2D eigenvalue weighted by Crippen LogP contribution is -2.48. The molecule has 1 aliphatic carbocycles. The van der Waals surface area contributed by atoms with Crippen molar-refractivity contribution in [2.45, 2.75) is 50.6 Å². The van der Waals surface area contributed by atoms with E-state index in [0.29, 0.717) is 13.0 Å². The molecular formula is C15H25Cl2N3O2S.